The standard InChI is InChI=1S/C18H18BrClFNO4/c1-10(18(23)24)22-8-11-6-16(25-2)17(7-13(11)19)26-9-12-14(20)4-3-5-15(12)21/h3-7,10,22H,8-9H2,1-2H3,(H,23,24). The van der Waals surface area contributed by atoms with E-state index in [1.807, 2.05) is 0 Å². The van der Waals surface area contributed by atoms with Crippen molar-refractivity contribution in [2.24, 2.45) is 0 Å². The highest BCUT2D eigenvalue weighted by Gasteiger charge is 2.15. The van der Waals surface area contributed by atoms with E-state index < -0.39 is 17.8 Å². The van der Waals surface area contributed by atoms with Crippen molar-refractivity contribution in [1.29, 1.82) is 0 Å². The Kier molecular flexibility index (Phi) is 7.25. The van der Waals surface area contributed by atoms with Gasteiger partial charge in [-0.15, -0.1) is 0 Å². The van der Waals surface area contributed by atoms with E-state index in [0.717, 1.165) is 5.56 Å². The smallest absolute Gasteiger partial charge is 0.320 e. The van der Waals surface area contributed by atoms with Crippen LogP contribution in [0.2, 0.25) is 5.02 Å². The van der Waals surface area contributed by atoms with Gasteiger partial charge in [-0.05, 0) is 36.8 Å². The quantitative estimate of drug-likeness (QED) is 0.629. The Labute approximate surface area is 164 Å². The highest BCUT2D eigenvalue weighted by molar-refractivity contribution is 9.10. The number of nitrogens with one attached hydrogen (secondary N) is 1. The van der Waals surface area contributed by atoms with Crippen LogP contribution in [0.5, 0.6) is 11.5 Å². The second-order valence-corrected chi connectivity index (χ2v) is 6.79. The topological polar surface area (TPSA) is 67.8 Å². The van der Waals surface area contributed by atoms with E-state index in [9.17, 15) is 9.18 Å². The molecule has 0 saturated heterocycles. The van der Waals surface area contributed by atoms with E-state index in [1.165, 1.54) is 19.2 Å². The van der Waals surface area contributed by atoms with Crippen LogP contribution < -0.4 is 14.8 Å². The third kappa shape index (κ3) is 5.09. The average Bonchev–Trinajstić information content (AvgIpc) is 2.60. The number of carboxylic acid groups (broad SMARTS) is 1. The summed E-state index contributed by atoms with van der Waals surface area (Å²) in [5, 5.41) is 12.1. The van der Waals surface area contributed by atoms with E-state index in [4.69, 9.17) is 26.2 Å². The molecule has 140 valence electrons. The minimum Gasteiger partial charge on any atom is -0.493 e. The number of halogens is 3. The normalized spacial score (nSPS) is 11.9. The molecule has 26 heavy (non-hydrogen) atoms. The summed E-state index contributed by atoms with van der Waals surface area (Å²) in [7, 11) is 1.49. The lowest BCUT2D eigenvalue weighted by atomic mass is 10.2. The first-order chi connectivity index (χ1) is 12.3. The summed E-state index contributed by atoms with van der Waals surface area (Å²) in [6, 6.07) is 7.16. The first kappa shape index (κ1) is 20.5. The zero-order valence-electron chi connectivity index (χ0n) is 14.2. The fourth-order valence-electron chi connectivity index (χ4n) is 2.16. The minimum atomic E-state index is -0.935. The van der Waals surface area contributed by atoms with Crippen LogP contribution in [0.25, 0.3) is 0 Å². The van der Waals surface area contributed by atoms with Gasteiger partial charge >= 0.3 is 5.97 Å². The van der Waals surface area contributed by atoms with E-state index in [0.29, 0.717) is 22.5 Å². The molecule has 0 aliphatic heterocycles. The molecule has 0 bridgehead atoms. The molecule has 0 aliphatic carbocycles. The fourth-order valence-corrected chi connectivity index (χ4v) is 2.84. The Morgan fingerprint density at radius 2 is 2.12 bits per heavy atom. The summed E-state index contributed by atoms with van der Waals surface area (Å²) in [5.41, 5.74) is 1.06. The summed E-state index contributed by atoms with van der Waals surface area (Å²) in [5.74, 6) is -0.525. The SMILES string of the molecule is COc1cc(CNC(C)C(=O)O)c(Br)cc1OCc1c(F)cccc1Cl. The van der Waals surface area contributed by atoms with Gasteiger partial charge in [-0.3, -0.25) is 4.79 Å². The van der Waals surface area contributed by atoms with Gasteiger partial charge in [0.2, 0.25) is 0 Å². The number of rotatable bonds is 8. The van der Waals surface area contributed by atoms with Crippen molar-refractivity contribution in [2.45, 2.75) is 26.1 Å². The second-order valence-electron chi connectivity index (χ2n) is 5.52. The Morgan fingerprint density at radius 1 is 1.38 bits per heavy atom. The van der Waals surface area contributed by atoms with Crippen LogP contribution in [0.1, 0.15) is 18.1 Å². The van der Waals surface area contributed by atoms with Crippen LogP contribution in [-0.2, 0) is 17.9 Å². The molecule has 0 aliphatic rings. The van der Waals surface area contributed by atoms with Gasteiger partial charge in [0.1, 0.15) is 18.5 Å². The number of hydrogen-bond donors (Lipinski definition) is 2. The maximum atomic E-state index is 13.9. The van der Waals surface area contributed by atoms with E-state index in [-0.39, 0.29) is 17.2 Å². The van der Waals surface area contributed by atoms with Gasteiger partial charge in [0.05, 0.1) is 12.1 Å². The molecule has 0 amide bonds. The first-order valence-electron chi connectivity index (χ1n) is 7.71. The van der Waals surface area contributed by atoms with Gasteiger partial charge in [-0.25, -0.2) is 4.39 Å². The van der Waals surface area contributed by atoms with E-state index in [2.05, 4.69) is 21.2 Å². The monoisotopic (exact) mass is 445 g/mol. The van der Waals surface area contributed by atoms with Gasteiger partial charge in [-0.1, -0.05) is 33.6 Å². The van der Waals surface area contributed by atoms with E-state index >= 15 is 0 Å². The van der Waals surface area contributed by atoms with Gasteiger partial charge in [0.15, 0.2) is 11.5 Å². The lowest BCUT2D eigenvalue weighted by molar-refractivity contribution is -0.139. The molecule has 0 radical (unpaired) electrons. The lowest BCUT2D eigenvalue weighted by Crippen LogP contribution is -2.33. The lowest BCUT2D eigenvalue weighted by Gasteiger charge is -2.16. The van der Waals surface area contributed by atoms with Crippen LogP contribution in [-0.4, -0.2) is 24.2 Å². The van der Waals surface area contributed by atoms with Crippen LogP contribution in [0.15, 0.2) is 34.8 Å². The maximum absolute atomic E-state index is 13.9. The predicted molar refractivity (Wildman–Crippen MR) is 100 cm³/mol. The van der Waals surface area contributed by atoms with Crippen molar-refractivity contribution in [3.05, 3.63) is 56.8 Å². The van der Waals surface area contributed by atoms with Gasteiger partial charge in [0.25, 0.3) is 0 Å². The van der Waals surface area contributed by atoms with Crippen LogP contribution in [0.4, 0.5) is 4.39 Å². The van der Waals surface area contributed by atoms with Crippen LogP contribution >= 0.6 is 27.5 Å². The Morgan fingerprint density at radius 3 is 2.73 bits per heavy atom. The molecular weight excluding hydrogens is 429 g/mol. The van der Waals surface area contributed by atoms with Gasteiger partial charge in [0, 0.05) is 16.6 Å². The molecule has 1 unspecified atom stereocenters. The molecule has 0 spiro atoms. The van der Waals surface area contributed by atoms with Crippen molar-refractivity contribution >= 4 is 33.5 Å². The molecule has 2 N–H and O–H groups in total. The summed E-state index contributed by atoms with van der Waals surface area (Å²) in [6.45, 7) is 1.83. The maximum Gasteiger partial charge on any atom is 0.320 e. The molecule has 0 fully saturated rings. The van der Waals surface area contributed by atoms with Crippen molar-refractivity contribution in [3.8, 4) is 11.5 Å². The van der Waals surface area contributed by atoms with Crippen molar-refractivity contribution in [2.75, 3.05) is 7.11 Å². The number of carboxylic acids is 1. The molecule has 2 aromatic carbocycles. The molecular formula is C18H18BrClFNO4. The van der Waals surface area contributed by atoms with Crippen LogP contribution in [0, 0.1) is 5.82 Å². The Balaban J connectivity index is 2.17. The fraction of sp³-hybridized carbons (Fsp3) is 0.278. The highest BCUT2D eigenvalue weighted by Crippen LogP contribution is 2.34. The number of benzene rings is 2. The summed E-state index contributed by atoms with van der Waals surface area (Å²) in [6.07, 6.45) is 0. The zero-order valence-corrected chi connectivity index (χ0v) is 16.5. The molecule has 0 saturated carbocycles. The van der Waals surface area contributed by atoms with Crippen molar-refractivity contribution < 1.29 is 23.8 Å². The predicted octanol–water partition coefficient (Wildman–Crippen LogP) is 4.39. The highest BCUT2D eigenvalue weighted by atomic mass is 79.9. The first-order valence-corrected chi connectivity index (χ1v) is 8.88. The average molecular weight is 447 g/mol. The van der Waals surface area contributed by atoms with E-state index in [1.54, 1.807) is 25.1 Å². The number of ether oxygens (including phenoxy) is 2. The van der Waals surface area contributed by atoms with Gasteiger partial charge in [-0.2, -0.15) is 0 Å². The number of carbonyl (C=O) groups is 1. The summed E-state index contributed by atoms with van der Waals surface area (Å²) >= 11 is 9.44. The number of methoxy groups -OCH3 is 1. The van der Waals surface area contributed by atoms with Gasteiger partial charge < -0.3 is 19.9 Å². The third-order valence-electron chi connectivity index (χ3n) is 3.74. The molecule has 8 heteroatoms. The van der Waals surface area contributed by atoms with Crippen molar-refractivity contribution in [1.82, 2.24) is 5.32 Å². The Hall–Kier alpha value is -1.83. The minimum absolute atomic E-state index is 0.0536. The van der Waals surface area contributed by atoms with Crippen LogP contribution in [0.3, 0.4) is 0 Å². The molecule has 0 aromatic heterocycles. The summed E-state index contributed by atoms with van der Waals surface area (Å²) < 4.78 is 25.6. The molecule has 2 rings (SSSR count). The zero-order chi connectivity index (χ0) is 19.3. The largest absolute Gasteiger partial charge is 0.493 e. The Bertz CT molecular complexity index is 783. The summed E-state index contributed by atoms with van der Waals surface area (Å²) in [4.78, 5) is 10.9. The molecule has 2 aromatic rings. The molecule has 5 nitrogen and oxygen atoms in total. The van der Waals surface area contributed by atoms with Crippen molar-refractivity contribution in [3.63, 3.8) is 0 Å². The number of aliphatic carboxylic acids is 1. The number of hydrogen-bond acceptors (Lipinski definition) is 4. The third-order valence-corrected chi connectivity index (χ3v) is 4.83. The second kappa shape index (κ2) is 9.21. The molecule has 0 heterocycles. The molecule has 1 atom stereocenters.